The molecule has 0 radical (unpaired) electrons. The van der Waals surface area contributed by atoms with E-state index >= 15 is 0 Å². The SMILES string of the molecule is Cc1ccc(-c2ccccc2)c(CO)c1NC(=O)c1c(C)cc(C(=O)O)cc1C. The fourth-order valence-corrected chi connectivity index (χ4v) is 3.61. The molecule has 0 bridgehead atoms. The Hall–Kier alpha value is -3.44. The van der Waals surface area contributed by atoms with Gasteiger partial charge in [-0.25, -0.2) is 4.79 Å². The summed E-state index contributed by atoms with van der Waals surface area (Å²) >= 11 is 0. The van der Waals surface area contributed by atoms with Crippen molar-refractivity contribution in [3.8, 4) is 11.1 Å². The van der Waals surface area contributed by atoms with Gasteiger partial charge in [0.2, 0.25) is 0 Å². The summed E-state index contributed by atoms with van der Waals surface area (Å²) < 4.78 is 0. The molecule has 3 rings (SSSR count). The van der Waals surface area contributed by atoms with Crippen LogP contribution in [0.5, 0.6) is 0 Å². The van der Waals surface area contributed by atoms with E-state index in [2.05, 4.69) is 5.32 Å². The molecule has 148 valence electrons. The van der Waals surface area contributed by atoms with Crippen molar-refractivity contribution in [2.24, 2.45) is 0 Å². The molecule has 0 unspecified atom stereocenters. The Labute approximate surface area is 169 Å². The minimum Gasteiger partial charge on any atom is -0.478 e. The predicted molar refractivity (Wildman–Crippen MR) is 113 cm³/mol. The van der Waals surface area contributed by atoms with Crippen molar-refractivity contribution in [1.82, 2.24) is 0 Å². The Bertz CT molecular complexity index is 1060. The van der Waals surface area contributed by atoms with E-state index < -0.39 is 5.97 Å². The molecule has 0 spiro atoms. The number of benzene rings is 3. The maximum Gasteiger partial charge on any atom is 0.335 e. The topological polar surface area (TPSA) is 86.6 Å². The van der Waals surface area contributed by atoms with E-state index in [0.717, 1.165) is 16.7 Å². The molecule has 0 heterocycles. The summed E-state index contributed by atoms with van der Waals surface area (Å²) in [5.74, 6) is -1.36. The second kappa shape index (κ2) is 8.29. The van der Waals surface area contributed by atoms with E-state index in [1.165, 1.54) is 12.1 Å². The second-order valence-corrected chi connectivity index (χ2v) is 7.05. The van der Waals surface area contributed by atoms with E-state index in [9.17, 15) is 19.8 Å². The number of hydrogen-bond acceptors (Lipinski definition) is 3. The standard InChI is InChI=1S/C24H23NO4/c1-14-9-10-19(17-7-5-4-6-8-17)20(13-26)22(14)25-23(27)21-15(2)11-18(24(28)29)12-16(21)3/h4-12,26H,13H2,1-3H3,(H,25,27)(H,28,29). The number of rotatable bonds is 5. The van der Waals surface area contributed by atoms with Gasteiger partial charge in [0.15, 0.2) is 0 Å². The molecule has 0 aliphatic rings. The molecular formula is C24H23NO4. The minimum atomic E-state index is -1.03. The van der Waals surface area contributed by atoms with Gasteiger partial charge in [-0.05, 0) is 60.7 Å². The number of anilines is 1. The average Bonchev–Trinajstić information content (AvgIpc) is 2.69. The molecule has 3 aromatic rings. The van der Waals surface area contributed by atoms with Crippen molar-refractivity contribution >= 4 is 17.6 Å². The van der Waals surface area contributed by atoms with Gasteiger partial charge in [-0.3, -0.25) is 4.79 Å². The monoisotopic (exact) mass is 389 g/mol. The summed E-state index contributed by atoms with van der Waals surface area (Å²) in [5, 5.41) is 22.2. The fourth-order valence-electron chi connectivity index (χ4n) is 3.61. The molecule has 0 aromatic heterocycles. The zero-order valence-electron chi connectivity index (χ0n) is 16.6. The van der Waals surface area contributed by atoms with Crippen LogP contribution in [0.15, 0.2) is 54.6 Å². The Morgan fingerprint density at radius 2 is 1.52 bits per heavy atom. The van der Waals surface area contributed by atoms with Crippen LogP contribution in [0, 0.1) is 20.8 Å². The van der Waals surface area contributed by atoms with Crippen molar-refractivity contribution < 1.29 is 19.8 Å². The smallest absolute Gasteiger partial charge is 0.335 e. The molecule has 0 aliphatic carbocycles. The molecule has 0 saturated heterocycles. The number of carboxylic acid groups (broad SMARTS) is 1. The molecular weight excluding hydrogens is 366 g/mol. The Morgan fingerprint density at radius 1 is 0.897 bits per heavy atom. The number of aliphatic hydroxyl groups excluding tert-OH is 1. The largest absolute Gasteiger partial charge is 0.478 e. The number of carbonyl (C=O) groups is 2. The molecule has 5 nitrogen and oxygen atoms in total. The van der Waals surface area contributed by atoms with Gasteiger partial charge in [-0.2, -0.15) is 0 Å². The summed E-state index contributed by atoms with van der Waals surface area (Å²) in [7, 11) is 0. The highest BCUT2D eigenvalue weighted by Crippen LogP contribution is 2.32. The number of carboxylic acids is 1. The maximum absolute atomic E-state index is 13.1. The minimum absolute atomic E-state index is 0.148. The van der Waals surface area contributed by atoms with Crippen molar-refractivity contribution in [2.75, 3.05) is 5.32 Å². The normalized spacial score (nSPS) is 10.6. The quantitative estimate of drug-likeness (QED) is 0.589. The van der Waals surface area contributed by atoms with Gasteiger partial charge in [-0.15, -0.1) is 0 Å². The number of carbonyl (C=O) groups excluding carboxylic acids is 1. The van der Waals surface area contributed by atoms with Crippen molar-refractivity contribution in [1.29, 1.82) is 0 Å². The van der Waals surface area contributed by atoms with Crippen LogP contribution in [0.25, 0.3) is 11.1 Å². The molecule has 29 heavy (non-hydrogen) atoms. The lowest BCUT2D eigenvalue weighted by Gasteiger charge is -2.18. The Balaban J connectivity index is 2.05. The van der Waals surface area contributed by atoms with Crippen LogP contribution in [0.1, 0.15) is 43.0 Å². The van der Waals surface area contributed by atoms with E-state index in [1.807, 2.05) is 49.4 Å². The van der Waals surface area contributed by atoms with Gasteiger partial charge in [0, 0.05) is 11.1 Å². The number of aliphatic hydroxyl groups is 1. The van der Waals surface area contributed by atoms with Gasteiger partial charge in [0.05, 0.1) is 17.9 Å². The van der Waals surface area contributed by atoms with Gasteiger partial charge >= 0.3 is 5.97 Å². The lowest BCUT2D eigenvalue weighted by atomic mass is 9.95. The second-order valence-electron chi connectivity index (χ2n) is 7.05. The number of amides is 1. The van der Waals surface area contributed by atoms with E-state index in [-0.39, 0.29) is 18.1 Å². The van der Waals surface area contributed by atoms with Gasteiger partial charge in [0.25, 0.3) is 5.91 Å². The van der Waals surface area contributed by atoms with Crippen LogP contribution < -0.4 is 5.32 Å². The van der Waals surface area contributed by atoms with E-state index in [0.29, 0.717) is 27.9 Å². The zero-order chi connectivity index (χ0) is 21.1. The van der Waals surface area contributed by atoms with Crippen LogP contribution >= 0.6 is 0 Å². The molecule has 3 aromatic carbocycles. The molecule has 0 fully saturated rings. The number of aromatic carboxylic acids is 1. The third kappa shape index (κ3) is 4.05. The van der Waals surface area contributed by atoms with E-state index in [4.69, 9.17) is 0 Å². The van der Waals surface area contributed by atoms with Gasteiger partial charge < -0.3 is 15.5 Å². The molecule has 5 heteroatoms. The van der Waals surface area contributed by atoms with Crippen LogP contribution in [-0.2, 0) is 6.61 Å². The molecule has 0 saturated carbocycles. The highest BCUT2D eigenvalue weighted by molar-refractivity contribution is 6.08. The zero-order valence-corrected chi connectivity index (χ0v) is 16.6. The molecule has 0 atom stereocenters. The Morgan fingerprint density at radius 3 is 2.07 bits per heavy atom. The average molecular weight is 389 g/mol. The van der Waals surface area contributed by atoms with Crippen LogP contribution in [0.4, 0.5) is 5.69 Å². The maximum atomic E-state index is 13.1. The Kier molecular flexibility index (Phi) is 5.80. The first kappa shape index (κ1) is 20.3. The lowest BCUT2D eigenvalue weighted by molar-refractivity contribution is 0.0696. The summed E-state index contributed by atoms with van der Waals surface area (Å²) in [4.78, 5) is 24.3. The summed E-state index contributed by atoms with van der Waals surface area (Å²) in [6.45, 7) is 5.08. The predicted octanol–water partition coefficient (Wildman–Crippen LogP) is 4.72. The van der Waals surface area contributed by atoms with E-state index in [1.54, 1.807) is 13.8 Å². The van der Waals surface area contributed by atoms with Gasteiger partial charge in [-0.1, -0.05) is 42.5 Å². The fraction of sp³-hybridized carbons (Fsp3) is 0.167. The molecule has 3 N–H and O–H groups in total. The highest BCUT2D eigenvalue weighted by atomic mass is 16.4. The first-order chi connectivity index (χ1) is 13.8. The van der Waals surface area contributed by atoms with Gasteiger partial charge in [0.1, 0.15) is 0 Å². The summed E-state index contributed by atoms with van der Waals surface area (Å²) in [5.41, 5.74) is 5.60. The third-order valence-corrected chi connectivity index (χ3v) is 5.01. The molecule has 0 aliphatic heterocycles. The first-order valence-electron chi connectivity index (χ1n) is 9.28. The number of hydrogen-bond donors (Lipinski definition) is 3. The summed E-state index contributed by atoms with van der Waals surface area (Å²) in [6, 6.07) is 16.5. The van der Waals surface area contributed by atoms with Crippen LogP contribution in [0.3, 0.4) is 0 Å². The van der Waals surface area contributed by atoms with Crippen LogP contribution in [0.2, 0.25) is 0 Å². The van der Waals surface area contributed by atoms with Crippen molar-refractivity contribution in [2.45, 2.75) is 27.4 Å². The van der Waals surface area contributed by atoms with Crippen LogP contribution in [-0.4, -0.2) is 22.1 Å². The van der Waals surface area contributed by atoms with Crippen molar-refractivity contribution in [3.05, 3.63) is 88.0 Å². The van der Waals surface area contributed by atoms with Crippen molar-refractivity contribution in [3.63, 3.8) is 0 Å². The summed E-state index contributed by atoms with van der Waals surface area (Å²) in [6.07, 6.45) is 0. The third-order valence-electron chi connectivity index (χ3n) is 5.01. The lowest BCUT2D eigenvalue weighted by Crippen LogP contribution is -2.18. The molecule has 1 amide bonds. The number of aryl methyl sites for hydroxylation is 3. The number of nitrogens with one attached hydrogen (secondary N) is 1. The first-order valence-corrected chi connectivity index (χ1v) is 9.28. The highest BCUT2D eigenvalue weighted by Gasteiger charge is 2.19.